The van der Waals surface area contributed by atoms with E-state index in [9.17, 15) is 0 Å². The van der Waals surface area contributed by atoms with E-state index in [1.165, 1.54) is 0 Å². The standard InChI is InChI=1S/2C16H9.C13H30P2.2Ag/c2*1-2-14-15-9-5-3-7-12(15)11-13-8-4-6-10-16(13)14;1-10(2)14(11(3)4)9-15(12(5)6)13(7)8;;/h2*3-11H;10-13H,9H2,1-8H3;;/q2*-1;;2*+1/p+2. The van der Waals surface area contributed by atoms with E-state index >= 15 is 0 Å². The molecule has 0 spiro atoms. The fourth-order valence-corrected chi connectivity index (χ4v) is 17.8. The molecule has 0 saturated carbocycles. The minimum Gasteiger partial charge on any atom is -0.366 e. The fourth-order valence-electron chi connectivity index (χ4n) is 6.68. The smallest absolute Gasteiger partial charge is 0.366 e. The zero-order chi connectivity index (χ0) is 34.1. The first-order valence-electron chi connectivity index (χ1n) is 16.9. The molecule has 0 saturated heterocycles. The molecule has 260 valence electrons. The van der Waals surface area contributed by atoms with Gasteiger partial charge in [-0.25, -0.2) is 0 Å². The van der Waals surface area contributed by atoms with Crippen molar-refractivity contribution in [2.75, 3.05) is 5.90 Å². The van der Waals surface area contributed by atoms with Gasteiger partial charge in [-0.1, -0.05) is 119 Å². The van der Waals surface area contributed by atoms with Crippen LogP contribution in [0.5, 0.6) is 0 Å². The van der Waals surface area contributed by atoms with Gasteiger partial charge < -0.3 is 12.8 Å². The van der Waals surface area contributed by atoms with Crippen molar-refractivity contribution in [1.82, 2.24) is 0 Å². The number of hydrogen-bond acceptors (Lipinski definition) is 0. The summed E-state index contributed by atoms with van der Waals surface area (Å²) in [5.41, 5.74) is 5.57. The summed E-state index contributed by atoms with van der Waals surface area (Å²) in [5, 5.41) is 9.03. The summed E-state index contributed by atoms with van der Waals surface area (Å²) in [6.07, 6.45) is 14.9. The molecule has 0 N–H and O–H groups in total. The Morgan fingerprint density at radius 2 is 0.653 bits per heavy atom. The normalized spacial score (nSPS) is 10.9. The Balaban J connectivity index is 0.000000250. The van der Waals surface area contributed by atoms with E-state index in [1.54, 1.807) is 5.90 Å². The molecule has 49 heavy (non-hydrogen) atoms. The monoisotopic (exact) mass is 866 g/mol. The molecule has 6 aromatic rings. The molecule has 0 aliphatic carbocycles. The van der Waals surface area contributed by atoms with Gasteiger partial charge in [0.15, 0.2) is 5.90 Å². The van der Waals surface area contributed by atoms with E-state index in [0.717, 1.165) is 76.9 Å². The van der Waals surface area contributed by atoms with Crippen LogP contribution in [0.2, 0.25) is 0 Å². The van der Waals surface area contributed by atoms with E-state index in [4.69, 9.17) is 12.8 Å². The van der Waals surface area contributed by atoms with Gasteiger partial charge in [0.25, 0.3) is 0 Å². The third-order valence-corrected chi connectivity index (χ3v) is 18.4. The van der Waals surface area contributed by atoms with Crippen LogP contribution in [0.4, 0.5) is 0 Å². The molecule has 0 fully saturated rings. The molecule has 0 amide bonds. The predicted octanol–water partition coefficient (Wildman–Crippen LogP) is 12.9. The average Bonchev–Trinajstić information content (AvgIpc) is 3.06. The summed E-state index contributed by atoms with van der Waals surface area (Å²) in [6, 6.07) is 36.8. The fraction of sp³-hybridized carbons (Fsp3) is 0.289. The average molecular weight is 869 g/mol. The summed E-state index contributed by atoms with van der Waals surface area (Å²) < 4.78 is 0. The van der Waals surface area contributed by atoms with Gasteiger partial charge in [0.05, 0.1) is 22.6 Å². The Kier molecular flexibility index (Phi) is 18.1. The van der Waals surface area contributed by atoms with Crippen molar-refractivity contribution < 1.29 is 44.8 Å². The van der Waals surface area contributed by atoms with E-state index in [1.807, 2.05) is 72.8 Å². The van der Waals surface area contributed by atoms with Crippen LogP contribution >= 0.6 is 15.8 Å². The number of hydrogen-bond donors (Lipinski definition) is 0. The van der Waals surface area contributed by atoms with Gasteiger partial charge in [-0.05, 0) is 89.1 Å². The second-order valence-electron chi connectivity index (χ2n) is 13.6. The van der Waals surface area contributed by atoms with Gasteiger partial charge in [0.1, 0.15) is 0 Å². The van der Waals surface area contributed by atoms with Crippen molar-refractivity contribution in [2.45, 2.75) is 78.0 Å². The van der Waals surface area contributed by atoms with Crippen LogP contribution in [0.25, 0.3) is 43.1 Å². The van der Waals surface area contributed by atoms with Gasteiger partial charge >= 0.3 is 44.8 Å². The molecule has 0 atom stereocenters. The van der Waals surface area contributed by atoms with Gasteiger partial charge in [0, 0.05) is 15.8 Å². The molecule has 0 aliphatic rings. The molecule has 0 aromatic heterocycles. The Bertz CT molecular complexity index is 1760. The zero-order valence-corrected chi connectivity index (χ0v) is 35.0. The van der Waals surface area contributed by atoms with Crippen molar-refractivity contribution in [2.24, 2.45) is 0 Å². The van der Waals surface area contributed by atoms with Crippen LogP contribution < -0.4 is 0 Å². The molecule has 4 heteroatoms. The number of benzene rings is 6. The molecule has 0 radical (unpaired) electrons. The molecular weight excluding hydrogens is 818 g/mol. The summed E-state index contributed by atoms with van der Waals surface area (Å²) in [4.78, 5) is 0. The van der Waals surface area contributed by atoms with Crippen LogP contribution in [0.15, 0.2) is 109 Å². The van der Waals surface area contributed by atoms with Gasteiger partial charge in [0.2, 0.25) is 0 Å². The molecule has 6 aromatic carbocycles. The van der Waals surface area contributed by atoms with Crippen LogP contribution in [-0.2, 0) is 44.8 Å². The minimum atomic E-state index is -0.121. The minimum absolute atomic E-state index is 0. The first kappa shape index (κ1) is 43.0. The zero-order valence-electron chi connectivity index (χ0n) is 30.0. The van der Waals surface area contributed by atoms with E-state index in [2.05, 4.69) is 104 Å². The largest absolute Gasteiger partial charge is 1.00 e. The number of fused-ring (bicyclic) bond motifs is 4. The Morgan fingerprint density at radius 3 is 0.857 bits per heavy atom. The van der Waals surface area contributed by atoms with Crippen LogP contribution in [0.1, 0.15) is 66.5 Å². The molecule has 6 rings (SSSR count). The summed E-state index contributed by atoms with van der Waals surface area (Å²) in [5.74, 6) is 6.74. The second-order valence-corrected chi connectivity index (χ2v) is 21.9. The third kappa shape index (κ3) is 10.9. The van der Waals surface area contributed by atoms with Crippen molar-refractivity contribution in [3.8, 4) is 11.8 Å². The maximum atomic E-state index is 7.46. The summed E-state index contributed by atoms with van der Waals surface area (Å²) in [6.45, 7) is 19.5. The molecular formula is C45H50Ag2P2+2. The van der Waals surface area contributed by atoms with Crippen LogP contribution in [0, 0.1) is 24.7 Å². The Hall–Kier alpha value is -2.18. The van der Waals surface area contributed by atoms with Crippen molar-refractivity contribution in [1.29, 1.82) is 0 Å². The van der Waals surface area contributed by atoms with Crippen molar-refractivity contribution in [3.05, 3.63) is 133 Å². The van der Waals surface area contributed by atoms with Crippen molar-refractivity contribution >= 4 is 58.9 Å². The van der Waals surface area contributed by atoms with Gasteiger partial charge in [-0.3, -0.25) is 11.8 Å². The SMILES string of the molecule is CC(C)[PH+](C[PH+](C(C)C)C(C)C)C(C)C.[Ag+].[Ag+].[C-]#Cc1c2ccccc2cc2ccccc12.[C-]#Cc1c2ccccc2cc2ccccc12. The Labute approximate surface area is 330 Å². The number of rotatable bonds is 6. The van der Waals surface area contributed by atoms with E-state index in [0.29, 0.717) is 0 Å². The maximum Gasteiger partial charge on any atom is 1.00 e. The van der Waals surface area contributed by atoms with E-state index < -0.39 is 0 Å². The first-order chi connectivity index (χ1) is 22.6. The van der Waals surface area contributed by atoms with E-state index in [-0.39, 0.29) is 60.6 Å². The molecule has 0 bridgehead atoms. The van der Waals surface area contributed by atoms with Gasteiger partial charge in [-0.15, -0.1) is 11.1 Å². The van der Waals surface area contributed by atoms with Crippen LogP contribution in [-0.4, -0.2) is 28.5 Å². The maximum absolute atomic E-state index is 7.46. The molecule has 0 nitrogen and oxygen atoms in total. The molecule has 0 aliphatic heterocycles. The topological polar surface area (TPSA) is 0 Å². The summed E-state index contributed by atoms with van der Waals surface area (Å²) in [7, 11) is -0.243. The molecule has 0 heterocycles. The summed E-state index contributed by atoms with van der Waals surface area (Å²) >= 11 is 0. The first-order valence-corrected chi connectivity index (χ1v) is 20.7. The quantitative estimate of drug-likeness (QED) is 0.0514. The van der Waals surface area contributed by atoms with Crippen LogP contribution in [0.3, 0.4) is 0 Å². The predicted molar refractivity (Wildman–Crippen MR) is 217 cm³/mol. The second kappa shape index (κ2) is 20.6. The third-order valence-electron chi connectivity index (χ3n) is 9.17. The molecule has 0 unspecified atom stereocenters. The Morgan fingerprint density at radius 1 is 0.429 bits per heavy atom. The van der Waals surface area contributed by atoms with Gasteiger partial charge in [-0.2, -0.15) is 0 Å². The van der Waals surface area contributed by atoms with Crippen molar-refractivity contribution in [3.63, 3.8) is 0 Å².